The zero-order valence-corrected chi connectivity index (χ0v) is 13.3. The lowest BCUT2D eigenvalue weighted by atomic mass is 9.96. The van der Waals surface area contributed by atoms with Gasteiger partial charge in [0.05, 0.1) is 6.04 Å². The first kappa shape index (κ1) is 17.6. The van der Waals surface area contributed by atoms with Crippen molar-refractivity contribution < 1.29 is 9.18 Å². The predicted octanol–water partition coefficient (Wildman–Crippen LogP) is 3.47. The van der Waals surface area contributed by atoms with Gasteiger partial charge in [-0.25, -0.2) is 4.39 Å². The number of hydrogen-bond acceptors (Lipinski definition) is 2. The van der Waals surface area contributed by atoms with E-state index in [0.717, 1.165) is 24.8 Å². The summed E-state index contributed by atoms with van der Waals surface area (Å²) in [5.41, 5.74) is 6.97. The lowest BCUT2D eigenvalue weighted by molar-refractivity contribution is -0.122. The first-order valence-electron chi connectivity index (χ1n) is 7.73. The lowest BCUT2D eigenvalue weighted by Gasteiger charge is -2.17. The fourth-order valence-electron chi connectivity index (χ4n) is 2.40. The Kier molecular flexibility index (Phi) is 7.37. The van der Waals surface area contributed by atoms with Crippen LogP contribution in [0, 0.1) is 18.7 Å². The van der Waals surface area contributed by atoms with Crippen LogP contribution >= 0.6 is 0 Å². The van der Waals surface area contributed by atoms with Gasteiger partial charge < -0.3 is 11.1 Å². The molecular formula is C17H27FN2O. The van der Waals surface area contributed by atoms with Crippen LogP contribution in [-0.2, 0) is 4.79 Å². The Hall–Kier alpha value is -1.42. The number of halogens is 1. The monoisotopic (exact) mass is 294 g/mol. The summed E-state index contributed by atoms with van der Waals surface area (Å²) in [5, 5.41) is 2.93. The minimum absolute atomic E-state index is 0.0129. The zero-order valence-electron chi connectivity index (χ0n) is 13.3. The van der Waals surface area contributed by atoms with Gasteiger partial charge in [0.2, 0.25) is 5.91 Å². The quantitative estimate of drug-likeness (QED) is 0.771. The molecule has 2 unspecified atom stereocenters. The predicted molar refractivity (Wildman–Crippen MR) is 84.4 cm³/mol. The number of amides is 1. The van der Waals surface area contributed by atoms with Gasteiger partial charge >= 0.3 is 0 Å². The van der Waals surface area contributed by atoms with Crippen molar-refractivity contribution in [1.82, 2.24) is 5.32 Å². The van der Waals surface area contributed by atoms with Crippen LogP contribution in [0.25, 0.3) is 0 Å². The molecule has 1 aromatic rings. The summed E-state index contributed by atoms with van der Waals surface area (Å²) in [6, 6.07) is 4.90. The average molecular weight is 294 g/mol. The molecule has 2 atom stereocenters. The van der Waals surface area contributed by atoms with E-state index in [1.807, 2.05) is 13.0 Å². The van der Waals surface area contributed by atoms with E-state index in [9.17, 15) is 9.18 Å². The number of nitrogens with one attached hydrogen (secondary N) is 1. The Morgan fingerprint density at radius 3 is 2.67 bits per heavy atom. The van der Waals surface area contributed by atoms with E-state index in [-0.39, 0.29) is 17.8 Å². The van der Waals surface area contributed by atoms with Crippen LogP contribution in [0.4, 0.5) is 4.39 Å². The van der Waals surface area contributed by atoms with E-state index >= 15 is 0 Å². The number of rotatable bonds is 8. The molecule has 0 saturated carbocycles. The number of aryl methyl sites for hydroxylation is 1. The molecule has 0 aromatic heterocycles. The maximum Gasteiger partial charge on any atom is 0.220 e. The largest absolute Gasteiger partial charge is 0.350 e. The van der Waals surface area contributed by atoms with Gasteiger partial charge in [-0.05, 0) is 56.3 Å². The van der Waals surface area contributed by atoms with Crippen LogP contribution < -0.4 is 11.1 Å². The highest BCUT2D eigenvalue weighted by Gasteiger charge is 2.13. The molecule has 0 aliphatic carbocycles. The molecule has 4 heteroatoms. The van der Waals surface area contributed by atoms with E-state index in [1.165, 1.54) is 6.07 Å². The molecule has 0 aliphatic heterocycles. The van der Waals surface area contributed by atoms with Crippen LogP contribution in [0.1, 0.15) is 56.7 Å². The molecule has 0 aliphatic rings. The molecular weight excluding hydrogens is 267 g/mol. The second kappa shape index (κ2) is 8.78. The molecule has 1 amide bonds. The summed E-state index contributed by atoms with van der Waals surface area (Å²) in [4.78, 5) is 12.0. The minimum Gasteiger partial charge on any atom is -0.350 e. The van der Waals surface area contributed by atoms with E-state index in [2.05, 4.69) is 12.2 Å². The molecule has 0 bridgehead atoms. The number of nitrogens with two attached hydrogens (primary N) is 1. The Morgan fingerprint density at radius 2 is 2.10 bits per heavy atom. The third-order valence-corrected chi connectivity index (χ3v) is 4.01. The topological polar surface area (TPSA) is 55.1 Å². The second-order valence-electron chi connectivity index (χ2n) is 5.69. The van der Waals surface area contributed by atoms with Crippen LogP contribution in [0.15, 0.2) is 18.2 Å². The van der Waals surface area contributed by atoms with Crippen molar-refractivity contribution in [3.05, 3.63) is 35.1 Å². The number of hydrogen-bond donors (Lipinski definition) is 2. The summed E-state index contributed by atoms with van der Waals surface area (Å²) >= 11 is 0. The van der Waals surface area contributed by atoms with Crippen LogP contribution in [0.3, 0.4) is 0 Å². The van der Waals surface area contributed by atoms with E-state index in [0.29, 0.717) is 24.4 Å². The van der Waals surface area contributed by atoms with Gasteiger partial charge in [0, 0.05) is 6.42 Å². The van der Waals surface area contributed by atoms with Gasteiger partial charge in [-0.1, -0.05) is 25.5 Å². The first-order chi connectivity index (χ1) is 9.97. The fraction of sp³-hybridized carbons (Fsp3) is 0.588. The Labute approximate surface area is 127 Å². The standard InChI is InChI=1S/C17H27FN2O/c1-4-14(9-10-19)6-8-17(21)20-13(3)15-7-5-12(2)16(18)11-15/h5,7,11,13-14H,4,6,8-10,19H2,1-3H3,(H,20,21). The van der Waals surface area contributed by atoms with E-state index in [1.54, 1.807) is 13.0 Å². The fourth-order valence-corrected chi connectivity index (χ4v) is 2.40. The molecule has 0 fully saturated rings. The lowest BCUT2D eigenvalue weighted by Crippen LogP contribution is -2.27. The minimum atomic E-state index is -0.234. The summed E-state index contributed by atoms with van der Waals surface area (Å²) in [5.74, 6) is 0.287. The summed E-state index contributed by atoms with van der Waals surface area (Å²) in [6.45, 7) is 6.39. The average Bonchev–Trinajstić information content (AvgIpc) is 2.46. The molecule has 0 radical (unpaired) electrons. The molecule has 118 valence electrons. The highest BCUT2D eigenvalue weighted by Crippen LogP contribution is 2.18. The van der Waals surface area contributed by atoms with Gasteiger partial charge in [0.1, 0.15) is 5.82 Å². The Balaban J connectivity index is 2.48. The zero-order chi connectivity index (χ0) is 15.8. The molecule has 1 rings (SSSR count). The molecule has 1 aromatic carbocycles. The third kappa shape index (κ3) is 5.84. The second-order valence-corrected chi connectivity index (χ2v) is 5.69. The highest BCUT2D eigenvalue weighted by molar-refractivity contribution is 5.76. The maximum absolute atomic E-state index is 13.5. The van der Waals surface area contributed by atoms with Gasteiger partial charge in [-0.2, -0.15) is 0 Å². The highest BCUT2D eigenvalue weighted by atomic mass is 19.1. The van der Waals surface area contributed by atoms with Crippen molar-refractivity contribution in [2.75, 3.05) is 6.54 Å². The van der Waals surface area contributed by atoms with Crippen molar-refractivity contribution in [2.24, 2.45) is 11.7 Å². The SMILES string of the molecule is CCC(CCN)CCC(=O)NC(C)c1ccc(C)c(F)c1. The van der Waals surface area contributed by atoms with Crippen molar-refractivity contribution in [1.29, 1.82) is 0 Å². The van der Waals surface area contributed by atoms with Gasteiger partial charge in [0.15, 0.2) is 0 Å². The maximum atomic E-state index is 13.5. The van der Waals surface area contributed by atoms with Gasteiger partial charge in [-0.15, -0.1) is 0 Å². The number of benzene rings is 1. The smallest absolute Gasteiger partial charge is 0.220 e. The van der Waals surface area contributed by atoms with Gasteiger partial charge in [-0.3, -0.25) is 4.79 Å². The molecule has 0 saturated heterocycles. The van der Waals surface area contributed by atoms with Crippen molar-refractivity contribution >= 4 is 5.91 Å². The summed E-state index contributed by atoms with van der Waals surface area (Å²) in [7, 11) is 0. The van der Waals surface area contributed by atoms with Crippen LogP contribution in [0.2, 0.25) is 0 Å². The molecule has 0 heterocycles. The van der Waals surface area contributed by atoms with Crippen molar-refractivity contribution in [3.8, 4) is 0 Å². The number of carbonyl (C=O) groups is 1. The summed E-state index contributed by atoms with van der Waals surface area (Å²) in [6.07, 6.45) is 3.36. The molecule has 3 nitrogen and oxygen atoms in total. The first-order valence-corrected chi connectivity index (χ1v) is 7.73. The summed E-state index contributed by atoms with van der Waals surface area (Å²) < 4.78 is 13.5. The van der Waals surface area contributed by atoms with Crippen molar-refractivity contribution in [2.45, 2.75) is 52.5 Å². The molecule has 21 heavy (non-hydrogen) atoms. The molecule has 0 spiro atoms. The number of carbonyl (C=O) groups excluding carboxylic acids is 1. The van der Waals surface area contributed by atoms with Gasteiger partial charge in [0.25, 0.3) is 0 Å². The van der Waals surface area contributed by atoms with Crippen LogP contribution in [-0.4, -0.2) is 12.5 Å². The van der Waals surface area contributed by atoms with E-state index < -0.39 is 0 Å². The Bertz CT molecular complexity index is 462. The Morgan fingerprint density at radius 1 is 1.38 bits per heavy atom. The van der Waals surface area contributed by atoms with Crippen molar-refractivity contribution in [3.63, 3.8) is 0 Å². The molecule has 3 N–H and O–H groups in total. The van der Waals surface area contributed by atoms with E-state index in [4.69, 9.17) is 5.73 Å². The normalized spacial score (nSPS) is 13.8. The third-order valence-electron chi connectivity index (χ3n) is 4.01. The van der Waals surface area contributed by atoms with Crippen LogP contribution in [0.5, 0.6) is 0 Å².